The zero-order valence-corrected chi connectivity index (χ0v) is 16.5. The van der Waals surface area contributed by atoms with Gasteiger partial charge in [0.25, 0.3) is 0 Å². The van der Waals surface area contributed by atoms with Crippen LogP contribution in [0.25, 0.3) is 11.3 Å². The highest BCUT2D eigenvalue weighted by Gasteiger charge is 2.46. The Kier molecular flexibility index (Phi) is 6.25. The minimum absolute atomic E-state index is 0.00169. The van der Waals surface area contributed by atoms with Crippen LogP contribution in [0.5, 0.6) is 0 Å². The molecule has 31 heavy (non-hydrogen) atoms. The number of hydrogen-bond donors (Lipinski definition) is 3. The van der Waals surface area contributed by atoms with Gasteiger partial charge < -0.3 is 20.1 Å². The Morgan fingerprint density at radius 1 is 1.10 bits per heavy atom. The van der Waals surface area contributed by atoms with Gasteiger partial charge in [0.15, 0.2) is 17.5 Å². The van der Waals surface area contributed by atoms with E-state index in [2.05, 4.69) is 15.3 Å². The molecule has 12 heteroatoms. The number of pyridine rings is 1. The van der Waals surface area contributed by atoms with E-state index in [1.165, 1.54) is 6.20 Å². The number of hydrogen-bond acceptors (Lipinski definition) is 8. The van der Waals surface area contributed by atoms with Crippen molar-refractivity contribution in [2.24, 2.45) is 0 Å². The molecule has 0 radical (unpaired) electrons. The van der Waals surface area contributed by atoms with E-state index in [4.69, 9.17) is 4.74 Å². The molecule has 0 amide bonds. The molecule has 0 aliphatic carbocycles. The Bertz CT molecular complexity index is 1030. The number of aliphatic hydroxyl groups is 3. The van der Waals surface area contributed by atoms with Gasteiger partial charge in [-0.2, -0.15) is 0 Å². The third kappa shape index (κ3) is 4.29. The first-order chi connectivity index (χ1) is 14.9. The Labute approximate surface area is 178 Å². The summed E-state index contributed by atoms with van der Waals surface area (Å²) in [6.45, 7) is -0.528. The normalized spacial score (nSPS) is 26.2. The van der Waals surface area contributed by atoms with Gasteiger partial charge in [0.1, 0.15) is 35.5 Å². The largest absolute Gasteiger partial charge is 0.394 e. The van der Waals surface area contributed by atoms with Gasteiger partial charge in [-0.15, -0.1) is 5.10 Å². The third-order valence-corrected chi connectivity index (χ3v) is 5.92. The number of nitrogens with zero attached hydrogens (tertiary/aromatic N) is 4. The fraction of sp³-hybridized carbons (Fsp3) is 0.316. The molecule has 0 saturated carbocycles. The second kappa shape index (κ2) is 8.93. The van der Waals surface area contributed by atoms with E-state index in [0.29, 0.717) is 5.03 Å². The van der Waals surface area contributed by atoms with E-state index in [1.54, 1.807) is 24.4 Å². The summed E-state index contributed by atoms with van der Waals surface area (Å²) < 4.78 is 47.1. The monoisotopic (exact) mass is 454 g/mol. The predicted octanol–water partition coefficient (Wildman–Crippen LogP) is 1.53. The van der Waals surface area contributed by atoms with Crippen molar-refractivity contribution >= 4 is 11.8 Å². The van der Waals surface area contributed by atoms with Crippen LogP contribution in [0.15, 0.2) is 47.8 Å². The van der Waals surface area contributed by atoms with Gasteiger partial charge in [-0.05, 0) is 24.3 Å². The average molecular weight is 454 g/mol. The lowest BCUT2D eigenvalue weighted by molar-refractivity contribution is -0.178. The van der Waals surface area contributed by atoms with Crippen LogP contribution < -0.4 is 0 Å². The van der Waals surface area contributed by atoms with E-state index in [9.17, 15) is 28.5 Å². The van der Waals surface area contributed by atoms with E-state index >= 15 is 0 Å². The van der Waals surface area contributed by atoms with Crippen molar-refractivity contribution in [1.82, 2.24) is 20.0 Å². The van der Waals surface area contributed by atoms with Crippen LogP contribution in [0.2, 0.25) is 0 Å². The van der Waals surface area contributed by atoms with Crippen molar-refractivity contribution in [3.05, 3.63) is 60.2 Å². The zero-order valence-electron chi connectivity index (χ0n) is 15.7. The fourth-order valence-electron chi connectivity index (χ4n) is 3.27. The molecule has 1 aliphatic rings. The highest BCUT2D eigenvalue weighted by atomic mass is 32.2. The van der Waals surface area contributed by atoms with Crippen molar-refractivity contribution in [2.75, 3.05) is 6.61 Å². The molecule has 4 rings (SSSR count). The Morgan fingerprint density at radius 2 is 1.84 bits per heavy atom. The molecule has 1 aromatic carbocycles. The predicted molar refractivity (Wildman–Crippen MR) is 102 cm³/mol. The molecule has 2 unspecified atom stereocenters. The average Bonchev–Trinajstić information content (AvgIpc) is 3.24. The smallest absolute Gasteiger partial charge is 0.194 e. The Balaban J connectivity index is 1.64. The van der Waals surface area contributed by atoms with Gasteiger partial charge in [-0.1, -0.05) is 23.0 Å². The van der Waals surface area contributed by atoms with Crippen LogP contribution in [0, 0.1) is 17.5 Å². The molecule has 3 N–H and O–H groups in total. The summed E-state index contributed by atoms with van der Waals surface area (Å²) in [7, 11) is 0. The first-order valence-electron chi connectivity index (χ1n) is 9.16. The Morgan fingerprint density at radius 3 is 2.48 bits per heavy atom. The van der Waals surface area contributed by atoms with Crippen molar-refractivity contribution in [3.8, 4) is 11.3 Å². The summed E-state index contributed by atoms with van der Waals surface area (Å²) in [6.07, 6.45) is -0.885. The maximum Gasteiger partial charge on any atom is 0.194 e. The molecule has 5 atom stereocenters. The quantitative estimate of drug-likeness (QED) is 0.498. The van der Waals surface area contributed by atoms with Gasteiger partial charge in [-0.25, -0.2) is 22.8 Å². The SMILES string of the molecule is OCC1O[C@H](Sc2ccccn2)[C@@H](O)C(n2cc(-c3cc(F)c(F)c(F)c3)nn2)[C@H]1O. The molecule has 164 valence electrons. The number of benzene rings is 1. The first-order valence-corrected chi connectivity index (χ1v) is 10.0. The number of thioether (sulfide) groups is 1. The first kappa shape index (κ1) is 21.7. The van der Waals surface area contributed by atoms with Crippen LogP contribution in [0.4, 0.5) is 13.2 Å². The van der Waals surface area contributed by atoms with Crippen molar-refractivity contribution in [3.63, 3.8) is 0 Å². The van der Waals surface area contributed by atoms with Gasteiger partial charge in [0.2, 0.25) is 0 Å². The molecule has 0 bridgehead atoms. The molecule has 1 saturated heterocycles. The lowest BCUT2D eigenvalue weighted by Gasteiger charge is -2.41. The van der Waals surface area contributed by atoms with Crippen LogP contribution in [0.3, 0.4) is 0 Å². The van der Waals surface area contributed by atoms with E-state index in [1.807, 2.05) is 0 Å². The van der Waals surface area contributed by atoms with Crippen LogP contribution in [-0.4, -0.2) is 65.7 Å². The molecule has 8 nitrogen and oxygen atoms in total. The third-order valence-electron chi connectivity index (χ3n) is 4.82. The summed E-state index contributed by atoms with van der Waals surface area (Å²) in [5.74, 6) is -4.38. The van der Waals surface area contributed by atoms with E-state index in [0.717, 1.165) is 28.6 Å². The van der Waals surface area contributed by atoms with Crippen LogP contribution in [-0.2, 0) is 4.74 Å². The minimum atomic E-state index is -1.61. The van der Waals surface area contributed by atoms with E-state index < -0.39 is 53.8 Å². The lowest BCUT2D eigenvalue weighted by atomic mass is 9.97. The number of aromatic nitrogens is 4. The summed E-state index contributed by atoms with van der Waals surface area (Å²) in [5, 5.41) is 39.3. The van der Waals surface area contributed by atoms with Crippen molar-refractivity contribution < 1.29 is 33.2 Å². The minimum Gasteiger partial charge on any atom is -0.394 e. The fourth-order valence-corrected chi connectivity index (χ4v) is 4.29. The molecule has 0 spiro atoms. The maximum atomic E-state index is 13.6. The van der Waals surface area contributed by atoms with Gasteiger partial charge in [0, 0.05) is 11.8 Å². The molecular weight excluding hydrogens is 437 g/mol. The number of ether oxygens (including phenoxy) is 1. The second-order valence-electron chi connectivity index (χ2n) is 6.82. The molecular formula is C19H17F3N4O4S. The van der Waals surface area contributed by atoms with Gasteiger partial charge in [-0.3, -0.25) is 0 Å². The van der Waals surface area contributed by atoms with Gasteiger partial charge in [0.05, 0.1) is 17.8 Å². The number of halogens is 3. The molecule has 3 heterocycles. The summed E-state index contributed by atoms with van der Waals surface area (Å²) in [5.41, 5.74) is -0.983. The van der Waals surface area contributed by atoms with Gasteiger partial charge >= 0.3 is 0 Å². The number of aliphatic hydroxyl groups excluding tert-OH is 3. The topological polar surface area (TPSA) is 114 Å². The maximum absolute atomic E-state index is 13.6. The summed E-state index contributed by atoms with van der Waals surface area (Å²) >= 11 is 1.09. The van der Waals surface area contributed by atoms with Crippen LogP contribution in [0.1, 0.15) is 6.04 Å². The number of rotatable bonds is 5. The second-order valence-corrected chi connectivity index (χ2v) is 7.94. The van der Waals surface area contributed by atoms with Crippen LogP contribution >= 0.6 is 11.8 Å². The lowest BCUT2D eigenvalue weighted by Crippen LogP contribution is -2.55. The molecule has 3 aromatic rings. The zero-order chi connectivity index (χ0) is 22.1. The molecule has 2 aromatic heterocycles. The summed E-state index contributed by atoms with van der Waals surface area (Å²) in [4.78, 5) is 4.15. The molecule has 1 fully saturated rings. The Hall–Kier alpha value is -2.51. The van der Waals surface area contributed by atoms with Crippen molar-refractivity contribution in [2.45, 2.75) is 34.8 Å². The highest BCUT2D eigenvalue weighted by molar-refractivity contribution is 7.99. The summed E-state index contributed by atoms with van der Waals surface area (Å²) in [6, 6.07) is 5.62. The van der Waals surface area contributed by atoms with Crippen molar-refractivity contribution in [1.29, 1.82) is 0 Å². The highest BCUT2D eigenvalue weighted by Crippen LogP contribution is 2.37. The van der Waals surface area contributed by atoms with E-state index in [-0.39, 0.29) is 11.3 Å². The molecule has 1 aliphatic heterocycles. The standard InChI is InChI=1S/C19H17F3N4O4S/c20-10-5-9(6-11(21)15(10)22)12-7-26(25-24-12)16-17(28)13(8-27)30-19(18(16)29)31-14-3-1-2-4-23-14/h1-7,13,16-19,27-29H,8H2/t13?,16?,17-,18-,19+/m0/s1.